The molecule has 0 bridgehead atoms. The van der Waals surface area contributed by atoms with Gasteiger partial charge in [0.25, 0.3) is 0 Å². The molecule has 0 spiro atoms. The molecule has 2 rings (SSSR count). The van der Waals surface area contributed by atoms with Crippen LogP contribution in [0, 0.1) is 11.8 Å². The number of ether oxygens (including phenoxy) is 1. The number of hydrogen-bond acceptors (Lipinski definition) is 4. The van der Waals surface area contributed by atoms with Gasteiger partial charge in [-0.2, -0.15) is 0 Å². The Labute approximate surface area is 97.1 Å². The van der Waals surface area contributed by atoms with Crippen LogP contribution in [0.1, 0.15) is 27.2 Å². The summed E-state index contributed by atoms with van der Waals surface area (Å²) in [5.41, 5.74) is -0.385. The number of esters is 1. The van der Waals surface area contributed by atoms with Crippen molar-refractivity contribution in [2.75, 3.05) is 19.6 Å². The van der Waals surface area contributed by atoms with Crippen LogP contribution in [-0.2, 0) is 9.53 Å². The third kappa shape index (κ3) is 2.55. The standard InChI is InChI=1S/C12H22N2O2/c1-12(2,3)16-11(15)10-9-4-5-13-6-8(9)7-14-10/h8-10,13-14H,4-7H2,1-3H3. The summed E-state index contributed by atoms with van der Waals surface area (Å²) in [6.07, 6.45) is 1.07. The predicted molar refractivity (Wildman–Crippen MR) is 62.1 cm³/mol. The monoisotopic (exact) mass is 226 g/mol. The van der Waals surface area contributed by atoms with Crippen molar-refractivity contribution in [3.05, 3.63) is 0 Å². The second-order valence-corrected chi connectivity index (χ2v) is 5.84. The molecule has 2 heterocycles. The fourth-order valence-corrected chi connectivity index (χ4v) is 2.66. The molecular weight excluding hydrogens is 204 g/mol. The van der Waals surface area contributed by atoms with E-state index in [1.54, 1.807) is 0 Å². The zero-order chi connectivity index (χ0) is 11.8. The summed E-state index contributed by atoms with van der Waals surface area (Å²) >= 11 is 0. The summed E-state index contributed by atoms with van der Waals surface area (Å²) < 4.78 is 5.45. The smallest absolute Gasteiger partial charge is 0.323 e. The fourth-order valence-electron chi connectivity index (χ4n) is 2.66. The summed E-state index contributed by atoms with van der Waals surface area (Å²) in [5.74, 6) is 0.962. The van der Waals surface area contributed by atoms with E-state index in [0.717, 1.165) is 26.1 Å². The molecule has 4 nitrogen and oxygen atoms in total. The van der Waals surface area contributed by atoms with Crippen LogP contribution >= 0.6 is 0 Å². The zero-order valence-corrected chi connectivity index (χ0v) is 10.4. The second-order valence-electron chi connectivity index (χ2n) is 5.84. The summed E-state index contributed by atoms with van der Waals surface area (Å²) in [6, 6.07) is -0.0914. The van der Waals surface area contributed by atoms with E-state index in [-0.39, 0.29) is 17.6 Å². The Morgan fingerprint density at radius 3 is 2.75 bits per heavy atom. The first-order chi connectivity index (χ1) is 7.47. The van der Waals surface area contributed by atoms with Crippen LogP contribution in [0.4, 0.5) is 0 Å². The molecule has 3 unspecified atom stereocenters. The van der Waals surface area contributed by atoms with Crippen LogP contribution in [0.3, 0.4) is 0 Å². The summed E-state index contributed by atoms with van der Waals surface area (Å²) in [4.78, 5) is 12.0. The van der Waals surface area contributed by atoms with Gasteiger partial charge >= 0.3 is 5.97 Å². The molecule has 0 saturated carbocycles. The Morgan fingerprint density at radius 2 is 2.06 bits per heavy atom. The van der Waals surface area contributed by atoms with Crippen molar-refractivity contribution < 1.29 is 9.53 Å². The topological polar surface area (TPSA) is 50.4 Å². The lowest BCUT2D eigenvalue weighted by Crippen LogP contribution is -2.44. The molecule has 0 aliphatic carbocycles. The van der Waals surface area contributed by atoms with E-state index >= 15 is 0 Å². The predicted octanol–water partition coefficient (Wildman–Crippen LogP) is 0.526. The Morgan fingerprint density at radius 1 is 1.31 bits per heavy atom. The van der Waals surface area contributed by atoms with E-state index in [2.05, 4.69) is 10.6 Å². The molecule has 2 saturated heterocycles. The zero-order valence-electron chi connectivity index (χ0n) is 10.4. The SMILES string of the molecule is CC(C)(C)OC(=O)C1NCC2CNCCC21. The van der Waals surface area contributed by atoms with Gasteiger partial charge in [-0.3, -0.25) is 4.79 Å². The van der Waals surface area contributed by atoms with E-state index in [9.17, 15) is 4.79 Å². The number of nitrogens with one attached hydrogen (secondary N) is 2. The molecule has 0 aromatic rings. The molecule has 92 valence electrons. The highest BCUT2D eigenvalue weighted by Gasteiger charge is 2.42. The fraction of sp³-hybridized carbons (Fsp3) is 0.917. The van der Waals surface area contributed by atoms with Gasteiger partial charge in [0.1, 0.15) is 11.6 Å². The van der Waals surface area contributed by atoms with Gasteiger partial charge in [-0.1, -0.05) is 0 Å². The van der Waals surface area contributed by atoms with Crippen LogP contribution in [-0.4, -0.2) is 37.2 Å². The van der Waals surface area contributed by atoms with Gasteiger partial charge in [-0.15, -0.1) is 0 Å². The number of piperidine rings is 1. The lowest BCUT2D eigenvalue weighted by Gasteiger charge is -2.29. The Hall–Kier alpha value is -0.610. The first-order valence-electron chi connectivity index (χ1n) is 6.14. The highest BCUT2D eigenvalue weighted by molar-refractivity contribution is 5.77. The number of carbonyl (C=O) groups is 1. The number of rotatable bonds is 1. The van der Waals surface area contributed by atoms with E-state index in [1.807, 2.05) is 20.8 Å². The minimum Gasteiger partial charge on any atom is -0.459 e. The molecule has 0 amide bonds. The lowest BCUT2D eigenvalue weighted by molar-refractivity contribution is -0.158. The maximum absolute atomic E-state index is 12.0. The van der Waals surface area contributed by atoms with Crippen molar-refractivity contribution in [2.24, 2.45) is 11.8 Å². The Bertz CT molecular complexity index is 273. The third-order valence-electron chi connectivity index (χ3n) is 3.36. The second kappa shape index (κ2) is 4.34. The van der Waals surface area contributed by atoms with Crippen LogP contribution in [0.2, 0.25) is 0 Å². The molecule has 4 heteroatoms. The van der Waals surface area contributed by atoms with Crippen molar-refractivity contribution in [3.8, 4) is 0 Å². The molecule has 0 aromatic carbocycles. The van der Waals surface area contributed by atoms with Gasteiger partial charge in [0.2, 0.25) is 0 Å². The Balaban J connectivity index is 1.97. The molecule has 2 aliphatic rings. The first-order valence-corrected chi connectivity index (χ1v) is 6.14. The summed E-state index contributed by atoms with van der Waals surface area (Å²) in [7, 11) is 0. The summed E-state index contributed by atoms with van der Waals surface area (Å²) in [6.45, 7) is 8.72. The van der Waals surface area contributed by atoms with E-state index < -0.39 is 0 Å². The molecule has 3 atom stereocenters. The molecule has 0 aromatic heterocycles. The Kier molecular flexibility index (Phi) is 3.22. The van der Waals surface area contributed by atoms with Crippen LogP contribution < -0.4 is 10.6 Å². The number of carbonyl (C=O) groups excluding carboxylic acids is 1. The molecular formula is C12H22N2O2. The molecule has 2 aliphatic heterocycles. The van der Waals surface area contributed by atoms with Crippen LogP contribution in [0.5, 0.6) is 0 Å². The third-order valence-corrected chi connectivity index (χ3v) is 3.36. The highest BCUT2D eigenvalue weighted by Crippen LogP contribution is 2.29. The summed E-state index contributed by atoms with van der Waals surface area (Å²) in [5, 5.41) is 6.68. The van der Waals surface area contributed by atoms with Gasteiger partial charge in [0.15, 0.2) is 0 Å². The number of fused-ring (bicyclic) bond motifs is 1. The van der Waals surface area contributed by atoms with Gasteiger partial charge in [-0.05, 0) is 52.1 Å². The van der Waals surface area contributed by atoms with E-state index in [4.69, 9.17) is 4.74 Å². The van der Waals surface area contributed by atoms with E-state index in [0.29, 0.717) is 11.8 Å². The minimum absolute atomic E-state index is 0.0816. The molecule has 2 N–H and O–H groups in total. The molecule has 2 fully saturated rings. The number of hydrogen-bond donors (Lipinski definition) is 2. The van der Waals surface area contributed by atoms with Crippen molar-refractivity contribution >= 4 is 5.97 Å². The van der Waals surface area contributed by atoms with Crippen LogP contribution in [0.25, 0.3) is 0 Å². The average Bonchev–Trinajstić information content (AvgIpc) is 2.58. The van der Waals surface area contributed by atoms with E-state index in [1.165, 1.54) is 0 Å². The van der Waals surface area contributed by atoms with Gasteiger partial charge in [0.05, 0.1) is 0 Å². The van der Waals surface area contributed by atoms with Crippen molar-refractivity contribution in [2.45, 2.75) is 38.8 Å². The lowest BCUT2D eigenvalue weighted by atomic mass is 9.85. The minimum atomic E-state index is -0.385. The maximum atomic E-state index is 12.0. The van der Waals surface area contributed by atoms with Crippen LogP contribution in [0.15, 0.2) is 0 Å². The van der Waals surface area contributed by atoms with Crippen molar-refractivity contribution in [1.82, 2.24) is 10.6 Å². The van der Waals surface area contributed by atoms with Gasteiger partial charge in [0, 0.05) is 6.54 Å². The largest absolute Gasteiger partial charge is 0.459 e. The normalized spacial score (nSPS) is 34.6. The van der Waals surface area contributed by atoms with Gasteiger partial charge < -0.3 is 15.4 Å². The van der Waals surface area contributed by atoms with Gasteiger partial charge in [-0.25, -0.2) is 0 Å². The quantitative estimate of drug-likeness (QED) is 0.640. The molecule has 16 heavy (non-hydrogen) atoms. The van der Waals surface area contributed by atoms with Crippen molar-refractivity contribution in [1.29, 1.82) is 0 Å². The first kappa shape index (κ1) is 11.9. The highest BCUT2D eigenvalue weighted by atomic mass is 16.6. The van der Waals surface area contributed by atoms with Crippen molar-refractivity contribution in [3.63, 3.8) is 0 Å². The average molecular weight is 226 g/mol. The molecule has 0 radical (unpaired) electrons. The maximum Gasteiger partial charge on any atom is 0.323 e.